The maximum absolute atomic E-state index is 11.9. The van der Waals surface area contributed by atoms with Gasteiger partial charge >= 0.3 is 0 Å². The smallest absolute Gasteiger partial charge is 0.251 e. The van der Waals surface area contributed by atoms with Crippen LogP contribution in [0.4, 0.5) is 0 Å². The number of carbonyl (C=O) groups excluding carboxylic acids is 1. The molecule has 0 radical (unpaired) electrons. The summed E-state index contributed by atoms with van der Waals surface area (Å²) in [4.78, 5) is 14.2. The number of nitrogens with one attached hydrogen (secondary N) is 1. The van der Waals surface area contributed by atoms with E-state index in [9.17, 15) is 4.79 Å². The van der Waals surface area contributed by atoms with Crippen LogP contribution in [0.3, 0.4) is 0 Å². The van der Waals surface area contributed by atoms with Crippen LogP contribution in [-0.2, 0) is 5.88 Å². The maximum Gasteiger partial charge on any atom is 0.251 e. The van der Waals surface area contributed by atoms with E-state index in [1.165, 1.54) is 6.42 Å². The van der Waals surface area contributed by atoms with Gasteiger partial charge in [-0.1, -0.05) is 12.1 Å². The molecule has 0 bridgehead atoms. The molecule has 3 nitrogen and oxygen atoms in total. The second kappa shape index (κ2) is 6.21. The van der Waals surface area contributed by atoms with Crippen molar-refractivity contribution >= 4 is 17.5 Å². The first-order valence-corrected chi connectivity index (χ1v) is 6.84. The summed E-state index contributed by atoms with van der Waals surface area (Å²) in [7, 11) is 2.12. The predicted octanol–water partition coefficient (Wildman–Crippen LogP) is 2.11. The minimum atomic E-state index is 0.00526. The number of hydrogen-bond acceptors (Lipinski definition) is 2. The van der Waals surface area contributed by atoms with Crippen LogP contribution in [0.25, 0.3) is 0 Å². The van der Waals surface area contributed by atoms with Gasteiger partial charge in [0.2, 0.25) is 0 Å². The highest BCUT2D eigenvalue weighted by Crippen LogP contribution is 2.13. The highest BCUT2D eigenvalue weighted by molar-refractivity contribution is 6.17. The Hall–Kier alpha value is -1.06. The van der Waals surface area contributed by atoms with E-state index in [0.29, 0.717) is 17.4 Å². The summed E-state index contributed by atoms with van der Waals surface area (Å²) in [6, 6.07) is 7.44. The van der Waals surface area contributed by atoms with Gasteiger partial charge in [0, 0.05) is 24.5 Å². The van der Waals surface area contributed by atoms with Crippen molar-refractivity contribution in [1.29, 1.82) is 0 Å². The Morgan fingerprint density at radius 1 is 1.44 bits per heavy atom. The molecule has 1 aliphatic rings. The van der Waals surface area contributed by atoms with Crippen LogP contribution in [-0.4, -0.2) is 37.5 Å². The molecule has 1 fully saturated rings. The van der Waals surface area contributed by atoms with Crippen LogP contribution in [0.5, 0.6) is 0 Å². The van der Waals surface area contributed by atoms with Gasteiger partial charge in [-0.3, -0.25) is 4.79 Å². The van der Waals surface area contributed by atoms with Crippen LogP contribution < -0.4 is 5.32 Å². The standard InChI is InChI=1S/C14H19ClN2O/c1-17-7-6-12(10-17)9-16-14(18)13-4-2-11(8-15)3-5-13/h2-5,12H,6-10H2,1H3,(H,16,18). The Labute approximate surface area is 113 Å². The monoisotopic (exact) mass is 266 g/mol. The van der Waals surface area contributed by atoms with E-state index in [0.717, 1.165) is 25.2 Å². The summed E-state index contributed by atoms with van der Waals surface area (Å²) in [5.74, 6) is 1.07. The quantitative estimate of drug-likeness (QED) is 0.847. The highest BCUT2D eigenvalue weighted by atomic mass is 35.5. The van der Waals surface area contributed by atoms with E-state index in [4.69, 9.17) is 11.6 Å². The zero-order valence-electron chi connectivity index (χ0n) is 10.7. The SMILES string of the molecule is CN1CCC(CNC(=O)c2ccc(CCl)cc2)C1. The molecule has 0 aromatic heterocycles. The lowest BCUT2D eigenvalue weighted by molar-refractivity contribution is 0.0947. The molecule has 1 atom stereocenters. The van der Waals surface area contributed by atoms with Crippen molar-refractivity contribution < 1.29 is 4.79 Å². The van der Waals surface area contributed by atoms with Gasteiger partial charge in [-0.15, -0.1) is 11.6 Å². The third kappa shape index (κ3) is 3.47. The molecule has 4 heteroatoms. The largest absolute Gasteiger partial charge is 0.352 e. The maximum atomic E-state index is 11.9. The molecular weight excluding hydrogens is 248 g/mol. The van der Waals surface area contributed by atoms with Crippen LogP contribution in [0.2, 0.25) is 0 Å². The molecule has 1 aromatic carbocycles. The van der Waals surface area contributed by atoms with Gasteiger partial charge in [-0.2, -0.15) is 0 Å². The molecular formula is C14H19ClN2O. The molecule has 0 saturated carbocycles. The average Bonchev–Trinajstić information content (AvgIpc) is 2.82. The summed E-state index contributed by atoms with van der Waals surface area (Å²) >= 11 is 5.71. The summed E-state index contributed by atoms with van der Waals surface area (Å²) in [6.45, 7) is 2.97. The number of alkyl halides is 1. The number of halogens is 1. The Bertz CT molecular complexity index is 405. The fourth-order valence-corrected chi connectivity index (χ4v) is 2.46. The van der Waals surface area contributed by atoms with Crippen molar-refractivity contribution in [2.45, 2.75) is 12.3 Å². The summed E-state index contributed by atoms with van der Waals surface area (Å²) in [5.41, 5.74) is 1.74. The molecule has 1 N–H and O–H groups in total. The second-order valence-corrected chi connectivity index (χ2v) is 5.22. The molecule has 1 aliphatic heterocycles. The van der Waals surface area contributed by atoms with Crippen LogP contribution in [0.1, 0.15) is 22.3 Å². The van der Waals surface area contributed by atoms with Crippen molar-refractivity contribution in [3.8, 4) is 0 Å². The number of rotatable bonds is 4. The van der Waals surface area contributed by atoms with Crippen molar-refractivity contribution in [3.63, 3.8) is 0 Å². The molecule has 18 heavy (non-hydrogen) atoms. The van der Waals surface area contributed by atoms with Gasteiger partial charge in [0.15, 0.2) is 0 Å². The first kappa shape index (κ1) is 13.4. The molecule has 1 heterocycles. The molecule has 1 aromatic rings. The van der Waals surface area contributed by atoms with E-state index in [-0.39, 0.29) is 5.91 Å². The fraction of sp³-hybridized carbons (Fsp3) is 0.500. The van der Waals surface area contributed by atoms with Gasteiger partial charge in [0.05, 0.1) is 0 Å². The predicted molar refractivity (Wildman–Crippen MR) is 73.9 cm³/mol. The lowest BCUT2D eigenvalue weighted by atomic mass is 10.1. The van der Waals surface area contributed by atoms with E-state index >= 15 is 0 Å². The summed E-state index contributed by atoms with van der Waals surface area (Å²) in [5, 5.41) is 3.00. The minimum Gasteiger partial charge on any atom is -0.352 e. The normalized spacial score (nSPS) is 20.0. The Balaban J connectivity index is 1.83. The first-order valence-electron chi connectivity index (χ1n) is 6.30. The number of carbonyl (C=O) groups is 1. The second-order valence-electron chi connectivity index (χ2n) is 4.96. The summed E-state index contributed by atoms with van der Waals surface area (Å²) < 4.78 is 0. The molecule has 1 saturated heterocycles. The highest BCUT2D eigenvalue weighted by Gasteiger charge is 2.19. The number of likely N-dealkylation sites (tertiary alicyclic amines) is 1. The third-order valence-electron chi connectivity index (χ3n) is 3.41. The van der Waals surface area contributed by atoms with Crippen LogP contribution >= 0.6 is 11.6 Å². The van der Waals surface area contributed by atoms with Gasteiger partial charge in [0.25, 0.3) is 5.91 Å². The lowest BCUT2D eigenvalue weighted by Crippen LogP contribution is -2.30. The summed E-state index contributed by atoms with van der Waals surface area (Å²) in [6.07, 6.45) is 1.17. The number of amides is 1. The molecule has 0 aliphatic carbocycles. The van der Waals surface area contributed by atoms with Gasteiger partial charge < -0.3 is 10.2 Å². The first-order chi connectivity index (χ1) is 8.69. The van der Waals surface area contributed by atoms with E-state index in [1.807, 2.05) is 24.3 Å². The van der Waals surface area contributed by atoms with Crippen LogP contribution in [0.15, 0.2) is 24.3 Å². The lowest BCUT2D eigenvalue weighted by Gasteiger charge is -2.11. The molecule has 1 amide bonds. The van der Waals surface area contributed by atoms with Gasteiger partial charge in [0.1, 0.15) is 0 Å². The molecule has 98 valence electrons. The molecule has 1 unspecified atom stereocenters. The van der Waals surface area contributed by atoms with Gasteiger partial charge in [-0.05, 0) is 43.6 Å². The van der Waals surface area contributed by atoms with Crippen molar-refractivity contribution in [3.05, 3.63) is 35.4 Å². The molecule has 2 rings (SSSR count). The van der Waals surface area contributed by atoms with Crippen molar-refractivity contribution in [2.75, 3.05) is 26.7 Å². The molecule has 0 spiro atoms. The Morgan fingerprint density at radius 3 is 2.72 bits per heavy atom. The zero-order chi connectivity index (χ0) is 13.0. The minimum absolute atomic E-state index is 0.00526. The third-order valence-corrected chi connectivity index (χ3v) is 3.72. The van der Waals surface area contributed by atoms with Crippen molar-refractivity contribution in [2.24, 2.45) is 5.92 Å². The zero-order valence-corrected chi connectivity index (χ0v) is 11.4. The van der Waals surface area contributed by atoms with E-state index < -0.39 is 0 Å². The van der Waals surface area contributed by atoms with Crippen LogP contribution in [0, 0.1) is 5.92 Å². The van der Waals surface area contributed by atoms with E-state index in [2.05, 4.69) is 17.3 Å². The van der Waals surface area contributed by atoms with E-state index in [1.54, 1.807) is 0 Å². The topological polar surface area (TPSA) is 32.3 Å². The fourth-order valence-electron chi connectivity index (χ4n) is 2.28. The number of benzene rings is 1. The Kier molecular flexibility index (Phi) is 4.61. The van der Waals surface area contributed by atoms with Crippen molar-refractivity contribution in [1.82, 2.24) is 10.2 Å². The van der Waals surface area contributed by atoms with Gasteiger partial charge in [-0.25, -0.2) is 0 Å². The number of hydrogen-bond donors (Lipinski definition) is 1. The Morgan fingerprint density at radius 2 is 2.17 bits per heavy atom. The number of nitrogens with zero attached hydrogens (tertiary/aromatic N) is 1. The average molecular weight is 267 g/mol.